The molecule has 0 aliphatic heterocycles. The van der Waals surface area contributed by atoms with Crippen molar-refractivity contribution in [3.8, 4) is 0 Å². The average Bonchev–Trinajstić information content (AvgIpc) is 3.11. The number of anilines is 1. The smallest absolute Gasteiger partial charge is 0.260 e. The van der Waals surface area contributed by atoms with Crippen LogP contribution in [0.1, 0.15) is 10.4 Å². The fourth-order valence-electron chi connectivity index (χ4n) is 2.92. The number of hydrogen-bond acceptors (Lipinski definition) is 4. The van der Waals surface area contributed by atoms with Crippen LogP contribution in [-0.2, 0) is 4.74 Å². The first-order valence-corrected chi connectivity index (χ1v) is 9.23. The molecular formula is C21H18N2O2S. The number of carbonyl (C=O) groups is 1. The molecule has 1 heterocycles. The molecule has 0 unspecified atom stereocenters. The van der Waals surface area contributed by atoms with E-state index in [1.165, 1.54) is 11.3 Å². The van der Waals surface area contributed by atoms with E-state index in [2.05, 4.69) is 4.98 Å². The number of methoxy groups -OCH3 is 1. The summed E-state index contributed by atoms with van der Waals surface area (Å²) >= 11 is 1.52. The highest BCUT2D eigenvalue weighted by Crippen LogP contribution is 2.30. The number of benzene rings is 3. The predicted octanol–water partition coefficient (Wildman–Crippen LogP) is 4.74. The summed E-state index contributed by atoms with van der Waals surface area (Å²) in [4.78, 5) is 19.6. The number of para-hydroxylation sites is 1. The molecule has 0 atom stereocenters. The molecule has 0 radical (unpaired) electrons. The van der Waals surface area contributed by atoms with Crippen LogP contribution in [0.5, 0.6) is 0 Å². The lowest BCUT2D eigenvalue weighted by atomic mass is 10.1. The largest absolute Gasteiger partial charge is 0.383 e. The van der Waals surface area contributed by atoms with Gasteiger partial charge < -0.3 is 4.74 Å². The van der Waals surface area contributed by atoms with Crippen molar-refractivity contribution in [2.45, 2.75) is 0 Å². The Labute approximate surface area is 155 Å². The summed E-state index contributed by atoms with van der Waals surface area (Å²) < 4.78 is 6.27. The summed E-state index contributed by atoms with van der Waals surface area (Å²) in [5, 5.41) is 2.86. The first-order valence-electron chi connectivity index (χ1n) is 8.41. The fraction of sp³-hybridized carbons (Fsp3) is 0.143. The number of aromatic nitrogens is 1. The summed E-state index contributed by atoms with van der Waals surface area (Å²) in [5.74, 6) is -0.0631. The summed E-state index contributed by atoms with van der Waals surface area (Å²) in [7, 11) is 1.64. The van der Waals surface area contributed by atoms with Crippen LogP contribution in [0.4, 0.5) is 5.13 Å². The Bertz CT molecular complexity index is 1040. The van der Waals surface area contributed by atoms with E-state index in [-0.39, 0.29) is 5.91 Å². The number of hydrogen-bond donors (Lipinski definition) is 0. The van der Waals surface area contributed by atoms with Gasteiger partial charge in [0.15, 0.2) is 5.13 Å². The van der Waals surface area contributed by atoms with Gasteiger partial charge in [-0.1, -0.05) is 53.8 Å². The second-order valence-corrected chi connectivity index (χ2v) is 6.98. The van der Waals surface area contributed by atoms with Gasteiger partial charge >= 0.3 is 0 Å². The van der Waals surface area contributed by atoms with Crippen LogP contribution in [0.15, 0.2) is 66.7 Å². The number of fused-ring (bicyclic) bond motifs is 2. The number of thiazole rings is 1. The number of nitrogens with zero attached hydrogens (tertiary/aromatic N) is 2. The molecule has 0 spiro atoms. The predicted molar refractivity (Wildman–Crippen MR) is 107 cm³/mol. The molecule has 4 rings (SSSR count). The van der Waals surface area contributed by atoms with E-state index in [9.17, 15) is 4.79 Å². The molecule has 0 saturated carbocycles. The molecule has 0 aliphatic carbocycles. The molecule has 0 aliphatic rings. The summed E-state index contributed by atoms with van der Waals surface area (Å²) in [6.45, 7) is 0.914. The van der Waals surface area contributed by atoms with Gasteiger partial charge in [-0.2, -0.15) is 0 Å². The van der Waals surface area contributed by atoms with Crippen LogP contribution in [0.3, 0.4) is 0 Å². The standard InChI is InChI=1S/C21H18N2O2S/c1-25-13-12-23(21-22-18-8-4-5-9-19(18)26-21)20(24)17-11-10-15-6-2-3-7-16(15)14-17/h2-11,14H,12-13H2,1H3. The Kier molecular flexibility index (Phi) is 4.65. The maximum absolute atomic E-state index is 13.2. The fourth-order valence-corrected chi connectivity index (χ4v) is 3.91. The second kappa shape index (κ2) is 7.23. The minimum absolute atomic E-state index is 0.0631. The lowest BCUT2D eigenvalue weighted by molar-refractivity contribution is 0.0976. The highest BCUT2D eigenvalue weighted by atomic mass is 32.1. The molecule has 3 aromatic carbocycles. The van der Waals surface area contributed by atoms with Crippen LogP contribution in [-0.4, -0.2) is 31.2 Å². The molecular weight excluding hydrogens is 344 g/mol. The molecule has 0 bridgehead atoms. The molecule has 130 valence electrons. The summed E-state index contributed by atoms with van der Waals surface area (Å²) in [6.07, 6.45) is 0. The van der Waals surface area contributed by atoms with Crippen molar-refractivity contribution in [1.82, 2.24) is 4.98 Å². The zero-order chi connectivity index (χ0) is 17.9. The number of amides is 1. The number of ether oxygens (including phenoxy) is 1. The monoisotopic (exact) mass is 362 g/mol. The van der Waals surface area contributed by atoms with Gasteiger partial charge in [0.1, 0.15) is 0 Å². The molecule has 4 aromatic rings. The van der Waals surface area contributed by atoms with Crippen LogP contribution < -0.4 is 4.90 Å². The lowest BCUT2D eigenvalue weighted by Gasteiger charge is -2.19. The maximum atomic E-state index is 13.2. The van der Waals surface area contributed by atoms with Gasteiger partial charge in [-0.3, -0.25) is 9.69 Å². The van der Waals surface area contributed by atoms with E-state index in [0.717, 1.165) is 21.0 Å². The third kappa shape index (κ3) is 3.19. The third-order valence-electron chi connectivity index (χ3n) is 4.27. The van der Waals surface area contributed by atoms with Gasteiger partial charge in [0, 0.05) is 12.7 Å². The average molecular weight is 362 g/mol. The zero-order valence-electron chi connectivity index (χ0n) is 14.4. The van der Waals surface area contributed by atoms with Crippen molar-refractivity contribution >= 4 is 43.4 Å². The minimum Gasteiger partial charge on any atom is -0.383 e. The van der Waals surface area contributed by atoms with Gasteiger partial charge in [-0.05, 0) is 35.0 Å². The molecule has 0 saturated heterocycles. The van der Waals surface area contributed by atoms with Gasteiger partial charge in [0.2, 0.25) is 0 Å². The van der Waals surface area contributed by atoms with E-state index in [1.807, 2.05) is 66.7 Å². The SMILES string of the molecule is COCCN(C(=O)c1ccc2ccccc2c1)c1nc2ccccc2s1. The van der Waals surface area contributed by atoms with Crippen LogP contribution in [0.25, 0.3) is 21.0 Å². The van der Waals surface area contributed by atoms with Gasteiger partial charge in [-0.25, -0.2) is 4.98 Å². The first-order chi connectivity index (χ1) is 12.8. The Morgan fingerprint density at radius 2 is 1.81 bits per heavy atom. The summed E-state index contributed by atoms with van der Waals surface area (Å²) in [5.41, 5.74) is 1.56. The van der Waals surface area contributed by atoms with E-state index >= 15 is 0 Å². The zero-order valence-corrected chi connectivity index (χ0v) is 15.2. The molecule has 1 amide bonds. The molecule has 0 fully saturated rings. The lowest BCUT2D eigenvalue weighted by Crippen LogP contribution is -2.33. The summed E-state index contributed by atoms with van der Waals surface area (Å²) in [6, 6.07) is 21.7. The minimum atomic E-state index is -0.0631. The number of rotatable bonds is 5. The Morgan fingerprint density at radius 3 is 2.62 bits per heavy atom. The van der Waals surface area contributed by atoms with Crippen molar-refractivity contribution < 1.29 is 9.53 Å². The molecule has 4 nitrogen and oxygen atoms in total. The van der Waals surface area contributed by atoms with Crippen LogP contribution in [0.2, 0.25) is 0 Å². The molecule has 0 N–H and O–H groups in total. The molecule has 1 aromatic heterocycles. The Morgan fingerprint density at radius 1 is 1.04 bits per heavy atom. The highest BCUT2D eigenvalue weighted by molar-refractivity contribution is 7.22. The molecule has 5 heteroatoms. The maximum Gasteiger partial charge on any atom is 0.260 e. The topological polar surface area (TPSA) is 42.4 Å². The second-order valence-electron chi connectivity index (χ2n) is 5.98. The number of carbonyl (C=O) groups excluding carboxylic acids is 1. The normalized spacial score (nSPS) is 11.1. The van der Waals surface area contributed by atoms with E-state index in [1.54, 1.807) is 12.0 Å². The van der Waals surface area contributed by atoms with Crippen molar-refractivity contribution in [3.63, 3.8) is 0 Å². The van der Waals surface area contributed by atoms with Crippen molar-refractivity contribution in [2.24, 2.45) is 0 Å². The van der Waals surface area contributed by atoms with E-state index in [0.29, 0.717) is 23.8 Å². The van der Waals surface area contributed by atoms with E-state index < -0.39 is 0 Å². The molecule has 26 heavy (non-hydrogen) atoms. The van der Waals surface area contributed by atoms with Gasteiger partial charge in [0.05, 0.1) is 23.4 Å². The van der Waals surface area contributed by atoms with Gasteiger partial charge in [-0.15, -0.1) is 0 Å². The Hall–Kier alpha value is -2.76. The van der Waals surface area contributed by atoms with Crippen molar-refractivity contribution in [2.75, 3.05) is 25.2 Å². The van der Waals surface area contributed by atoms with Crippen LogP contribution >= 0.6 is 11.3 Å². The Balaban J connectivity index is 1.73. The highest BCUT2D eigenvalue weighted by Gasteiger charge is 2.21. The van der Waals surface area contributed by atoms with Crippen molar-refractivity contribution in [1.29, 1.82) is 0 Å². The van der Waals surface area contributed by atoms with E-state index in [4.69, 9.17) is 4.74 Å². The van der Waals surface area contributed by atoms with Crippen molar-refractivity contribution in [3.05, 3.63) is 72.3 Å². The first kappa shape index (κ1) is 16.7. The van der Waals surface area contributed by atoms with Gasteiger partial charge in [0.25, 0.3) is 5.91 Å². The van der Waals surface area contributed by atoms with Crippen LogP contribution in [0, 0.1) is 0 Å². The quantitative estimate of drug-likeness (QED) is 0.515. The third-order valence-corrected chi connectivity index (χ3v) is 5.33.